The molecule has 4 amide bonds. The standard InChI is InChI=1S/C19H24N4O4.ClH/c20-9-8-16(24)21-11-13-5-3-4-10-22(13)17(25)12-23-18(26)14-6-1-2-7-15(14)19(23)27;/h1-2,6-7,13H,3-5,8-12,20H2,(H,21,24);1H. The summed E-state index contributed by atoms with van der Waals surface area (Å²) in [4.78, 5) is 52.1. The maximum atomic E-state index is 12.8. The minimum Gasteiger partial charge on any atom is -0.354 e. The molecule has 152 valence electrons. The molecule has 0 spiro atoms. The van der Waals surface area contributed by atoms with Gasteiger partial charge in [-0.25, -0.2) is 0 Å². The second kappa shape index (κ2) is 9.66. The first-order chi connectivity index (χ1) is 13.0. The quantitative estimate of drug-likeness (QED) is 0.667. The lowest BCUT2D eigenvalue weighted by molar-refractivity contribution is -0.135. The first-order valence-corrected chi connectivity index (χ1v) is 9.24. The van der Waals surface area contributed by atoms with Crippen molar-refractivity contribution >= 4 is 36.0 Å². The molecule has 0 aliphatic carbocycles. The number of likely N-dealkylation sites (tertiary alicyclic amines) is 1. The Hall–Kier alpha value is -2.45. The minimum absolute atomic E-state index is 0. The summed E-state index contributed by atoms with van der Waals surface area (Å²) in [6.07, 6.45) is 2.85. The molecule has 0 aromatic heterocycles. The highest BCUT2D eigenvalue weighted by Gasteiger charge is 2.38. The Bertz CT molecular complexity index is 735. The van der Waals surface area contributed by atoms with Gasteiger partial charge in [0.15, 0.2) is 0 Å². The SMILES string of the molecule is Cl.NCCC(=O)NCC1CCCCN1C(=O)CN1C(=O)c2ccccc2C1=O. The molecule has 3 rings (SSSR count). The van der Waals surface area contributed by atoms with E-state index in [4.69, 9.17) is 5.73 Å². The number of fused-ring (bicyclic) bond motifs is 1. The van der Waals surface area contributed by atoms with Gasteiger partial charge in [-0.3, -0.25) is 24.1 Å². The molecule has 2 aliphatic rings. The zero-order chi connectivity index (χ0) is 19.4. The average Bonchev–Trinajstić information content (AvgIpc) is 2.92. The zero-order valence-corrected chi connectivity index (χ0v) is 16.4. The zero-order valence-electron chi connectivity index (χ0n) is 15.6. The van der Waals surface area contributed by atoms with E-state index < -0.39 is 11.8 Å². The van der Waals surface area contributed by atoms with Crippen LogP contribution >= 0.6 is 12.4 Å². The second-order valence-electron chi connectivity index (χ2n) is 6.82. The number of halogens is 1. The molecule has 0 saturated carbocycles. The van der Waals surface area contributed by atoms with Gasteiger partial charge in [-0.05, 0) is 31.4 Å². The van der Waals surface area contributed by atoms with Crippen LogP contribution in [0.3, 0.4) is 0 Å². The molecule has 1 fully saturated rings. The highest BCUT2D eigenvalue weighted by molar-refractivity contribution is 6.22. The fourth-order valence-corrected chi connectivity index (χ4v) is 3.60. The van der Waals surface area contributed by atoms with E-state index in [0.717, 1.165) is 24.2 Å². The summed E-state index contributed by atoms with van der Waals surface area (Å²) in [7, 11) is 0. The first-order valence-electron chi connectivity index (χ1n) is 9.24. The number of carbonyl (C=O) groups excluding carboxylic acids is 4. The molecule has 2 aliphatic heterocycles. The summed E-state index contributed by atoms with van der Waals surface area (Å²) in [5, 5.41) is 2.80. The van der Waals surface area contributed by atoms with Gasteiger partial charge in [-0.2, -0.15) is 0 Å². The third-order valence-corrected chi connectivity index (χ3v) is 5.03. The van der Waals surface area contributed by atoms with Gasteiger partial charge in [-0.1, -0.05) is 12.1 Å². The van der Waals surface area contributed by atoms with E-state index in [0.29, 0.717) is 24.2 Å². The minimum atomic E-state index is -0.436. The van der Waals surface area contributed by atoms with Crippen LogP contribution in [0.25, 0.3) is 0 Å². The number of nitrogens with two attached hydrogens (primary N) is 1. The van der Waals surface area contributed by atoms with Crippen molar-refractivity contribution < 1.29 is 19.2 Å². The van der Waals surface area contributed by atoms with Crippen LogP contribution in [-0.4, -0.2) is 65.6 Å². The molecule has 1 saturated heterocycles. The third-order valence-electron chi connectivity index (χ3n) is 5.03. The normalized spacial score (nSPS) is 18.5. The number of nitrogens with zero attached hydrogens (tertiary/aromatic N) is 2. The van der Waals surface area contributed by atoms with Crippen LogP contribution in [0, 0.1) is 0 Å². The molecular formula is C19H25ClN4O4. The van der Waals surface area contributed by atoms with Crippen LogP contribution in [0.15, 0.2) is 24.3 Å². The summed E-state index contributed by atoms with van der Waals surface area (Å²) in [5.74, 6) is -1.29. The van der Waals surface area contributed by atoms with Crippen LogP contribution in [-0.2, 0) is 9.59 Å². The van der Waals surface area contributed by atoms with Gasteiger partial charge < -0.3 is 16.0 Å². The summed E-state index contributed by atoms with van der Waals surface area (Å²) in [5.41, 5.74) is 6.04. The van der Waals surface area contributed by atoms with Crippen molar-refractivity contribution in [3.63, 3.8) is 0 Å². The fraction of sp³-hybridized carbons (Fsp3) is 0.474. The third kappa shape index (κ3) is 4.51. The lowest BCUT2D eigenvalue weighted by atomic mass is 10.0. The molecule has 0 bridgehead atoms. The molecule has 8 nitrogen and oxygen atoms in total. The Morgan fingerprint density at radius 2 is 1.75 bits per heavy atom. The highest BCUT2D eigenvalue weighted by Crippen LogP contribution is 2.23. The van der Waals surface area contributed by atoms with Crippen LogP contribution < -0.4 is 11.1 Å². The fourth-order valence-electron chi connectivity index (χ4n) is 3.60. The maximum Gasteiger partial charge on any atom is 0.262 e. The summed E-state index contributed by atoms with van der Waals surface area (Å²) >= 11 is 0. The van der Waals surface area contributed by atoms with Gasteiger partial charge in [0.05, 0.1) is 11.1 Å². The number of benzene rings is 1. The van der Waals surface area contributed by atoms with Gasteiger partial charge in [0, 0.05) is 32.1 Å². The number of hydrogen-bond donors (Lipinski definition) is 2. The van der Waals surface area contributed by atoms with E-state index in [1.54, 1.807) is 29.2 Å². The molecule has 9 heteroatoms. The monoisotopic (exact) mass is 408 g/mol. The molecule has 2 heterocycles. The number of amides is 4. The van der Waals surface area contributed by atoms with Gasteiger partial charge in [0.25, 0.3) is 11.8 Å². The van der Waals surface area contributed by atoms with E-state index >= 15 is 0 Å². The largest absolute Gasteiger partial charge is 0.354 e. The molecule has 1 unspecified atom stereocenters. The van der Waals surface area contributed by atoms with E-state index in [9.17, 15) is 19.2 Å². The molecule has 1 aromatic rings. The molecule has 28 heavy (non-hydrogen) atoms. The second-order valence-corrected chi connectivity index (χ2v) is 6.82. The Balaban J connectivity index is 0.00000280. The molecule has 0 radical (unpaired) electrons. The molecular weight excluding hydrogens is 384 g/mol. The lowest BCUT2D eigenvalue weighted by Gasteiger charge is -2.36. The molecule has 3 N–H and O–H groups in total. The summed E-state index contributed by atoms with van der Waals surface area (Å²) in [6.45, 7) is 0.907. The average molecular weight is 409 g/mol. The van der Waals surface area contributed by atoms with Crippen LogP contribution in [0.1, 0.15) is 46.4 Å². The van der Waals surface area contributed by atoms with Crippen molar-refractivity contribution in [2.75, 3.05) is 26.2 Å². The van der Waals surface area contributed by atoms with Crippen molar-refractivity contribution in [2.24, 2.45) is 5.73 Å². The van der Waals surface area contributed by atoms with E-state index in [2.05, 4.69) is 5.32 Å². The number of hydrogen-bond acceptors (Lipinski definition) is 5. The van der Waals surface area contributed by atoms with Crippen LogP contribution in [0.2, 0.25) is 0 Å². The maximum absolute atomic E-state index is 12.8. The van der Waals surface area contributed by atoms with E-state index in [1.165, 1.54) is 0 Å². The number of nitrogens with one attached hydrogen (secondary N) is 1. The molecule has 1 atom stereocenters. The Morgan fingerprint density at radius 1 is 1.11 bits per heavy atom. The topological polar surface area (TPSA) is 113 Å². The first kappa shape index (κ1) is 21.8. The van der Waals surface area contributed by atoms with Crippen LogP contribution in [0.4, 0.5) is 0 Å². The summed E-state index contributed by atoms with van der Waals surface area (Å²) in [6, 6.07) is 6.44. The number of carbonyl (C=O) groups is 4. The van der Waals surface area contributed by atoms with Crippen molar-refractivity contribution in [1.29, 1.82) is 0 Å². The smallest absolute Gasteiger partial charge is 0.262 e. The number of imide groups is 1. The molecule has 1 aromatic carbocycles. The Labute approximate surface area is 169 Å². The van der Waals surface area contributed by atoms with Crippen molar-refractivity contribution in [3.8, 4) is 0 Å². The summed E-state index contributed by atoms with van der Waals surface area (Å²) < 4.78 is 0. The Kier molecular flexibility index (Phi) is 7.53. The predicted molar refractivity (Wildman–Crippen MR) is 105 cm³/mol. The van der Waals surface area contributed by atoms with Gasteiger partial charge >= 0.3 is 0 Å². The van der Waals surface area contributed by atoms with Crippen molar-refractivity contribution in [1.82, 2.24) is 15.1 Å². The number of rotatable bonds is 6. The van der Waals surface area contributed by atoms with Crippen molar-refractivity contribution in [3.05, 3.63) is 35.4 Å². The van der Waals surface area contributed by atoms with E-state index in [-0.39, 0.29) is 49.8 Å². The van der Waals surface area contributed by atoms with Gasteiger partial charge in [-0.15, -0.1) is 12.4 Å². The van der Waals surface area contributed by atoms with Gasteiger partial charge in [0.1, 0.15) is 6.54 Å². The Morgan fingerprint density at radius 3 is 2.36 bits per heavy atom. The van der Waals surface area contributed by atoms with Gasteiger partial charge in [0.2, 0.25) is 11.8 Å². The predicted octanol–water partition coefficient (Wildman–Crippen LogP) is 0.551. The highest BCUT2D eigenvalue weighted by atomic mass is 35.5. The number of piperidine rings is 1. The lowest BCUT2D eigenvalue weighted by Crippen LogP contribution is -2.52. The van der Waals surface area contributed by atoms with E-state index in [1.807, 2.05) is 0 Å². The van der Waals surface area contributed by atoms with Crippen LogP contribution in [0.5, 0.6) is 0 Å². The van der Waals surface area contributed by atoms with Crippen molar-refractivity contribution in [2.45, 2.75) is 31.7 Å².